The van der Waals surface area contributed by atoms with Crippen LogP contribution in [0.1, 0.15) is 35.2 Å². The maximum atomic E-state index is 12.1. The first-order chi connectivity index (χ1) is 12.3. The first-order valence-electron chi connectivity index (χ1n) is 8.62. The average Bonchev–Trinajstić information content (AvgIpc) is 2.66. The summed E-state index contributed by atoms with van der Waals surface area (Å²) in [5.74, 6) is 0.263. The van der Waals surface area contributed by atoms with Gasteiger partial charge in [0.15, 0.2) is 0 Å². The second-order valence-corrected chi connectivity index (χ2v) is 7.10. The Hall–Kier alpha value is -2.32. The van der Waals surface area contributed by atoms with Gasteiger partial charge in [0.1, 0.15) is 11.1 Å². The van der Waals surface area contributed by atoms with E-state index in [2.05, 4.69) is 28.5 Å². The van der Waals surface area contributed by atoms with Crippen molar-refractivity contribution in [2.75, 3.05) is 12.3 Å². The first kappa shape index (κ1) is 17.5. The molecule has 0 saturated carbocycles. The number of benzene rings is 1. The predicted octanol–water partition coefficient (Wildman–Crippen LogP) is 3.28. The largest absolute Gasteiger partial charge is 0.355 e. The highest BCUT2D eigenvalue weighted by molar-refractivity contribution is 8.00. The fourth-order valence-electron chi connectivity index (χ4n) is 2.98. The Morgan fingerprint density at radius 3 is 2.84 bits per heavy atom. The topological polar surface area (TPSA) is 65.8 Å². The molecule has 0 spiro atoms. The Balaban J connectivity index is 1.52. The molecule has 1 aromatic heterocycles. The molecule has 0 radical (unpaired) electrons. The van der Waals surface area contributed by atoms with Crippen LogP contribution in [-0.4, -0.2) is 23.2 Å². The van der Waals surface area contributed by atoms with Crippen LogP contribution in [0.2, 0.25) is 0 Å². The van der Waals surface area contributed by atoms with E-state index >= 15 is 0 Å². The summed E-state index contributed by atoms with van der Waals surface area (Å²) in [5, 5.41) is 13.0. The van der Waals surface area contributed by atoms with Crippen LogP contribution < -0.4 is 5.32 Å². The van der Waals surface area contributed by atoms with Crippen molar-refractivity contribution in [3.8, 4) is 6.07 Å². The normalized spacial score (nSPS) is 12.9. The molecule has 1 aliphatic rings. The second kappa shape index (κ2) is 8.68. The number of nitrogens with one attached hydrogen (secondary N) is 1. The van der Waals surface area contributed by atoms with Crippen LogP contribution >= 0.6 is 11.8 Å². The van der Waals surface area contributed by atoms with Crippen LogP contribution in [0.3, 0.4) is 0 Å². The third-order valence-electron chi connectivity index (χ3n) is 4.30. The Morgan fingerprint density at radius 2 is 2.04 bits per heavy atom. The molecule has 25 heavy (non-hydrogen) atoms. The van der Waals surface area contributed by atoms with Crippen LogP contribution in [0.4, 0.5) is 0 Å². The number of pyridine rings is 1. The predicted molar refractivity (Wildman–Crippen MR) is 99.5 cm³/mol. The summed E-state index contributed by atoms with van der Waals surface area (Å²) in [4.78, 5) is 16.7. The van der Waals surface area contributed by atoms with Crippen LogP contribution in [-0.2, 0) is 24.1 Å². The van der Waals surface area contributed by atoms with E-state index in [1.54, 1.807) is 0 Å². The number of amides is 1. The molecule has 1 heterocycles. The quantitative estimate of drug-likeness (QED) is 0.811. The SMILES string of the molecule is N#Cc1cc2c(nc1SCC(=O)NCCc1ccccc1)CCCC2. The number of aryl methyl sites for hydroxylation is 2. The summed E-state index contributed by atoms with van der Waals surface area (Å²) >= 11 is 1.35. The van der Waals surface area contributed by atoms with Crippen LogP contribution in [0.5, 0.6) is 0 Å². The highest BCUT2D eigenvalue weighted by Crippen LogP contribution is 2.27. The van der Waals surface area contributed by atoms with E-state index in [0.717, 1.165) is 37.8 Å². The molecule has 2 aromatic rings. The summed E-state index contributed by atoms with van der Waals surface area (Å²) < 4.78 is 0. The number of carbonyl (C=O) groups excluding carboxylic acids is 1. The lowest BCUT2D eigenvalue weighted by Crippen LogP contribution is -2.27. The Labute approximate surface area is 152 Å². The number of carbonyl (C=O) groups is 1. The van der Waals surface area contributed by atoms with Crippen LogP contribution in [0.25, 0.3) is 0 Å². The van der Waals surface area contributed by atoms with Crippen molar-refractivity contribution < 1.29 is 4.79 Å². The lowest BCUT2D eigenvalue weighted by molar-refractivity contribution is -0.118. The monoisotopic (exact) mass is 351 g/mol. The van der Waals surface area contributed by atoms with E-state index in [1.807, 2.05) is 24.3 Å². The molecule has 1 aromatic carbocycles. The lowest BCUT2D eigenvalue weighted by Gasteiger charge is -2.16. The molecule has 128 valence electrons. The second-order valence-electron chi connectivity index (χ2n) is 6.14. The molecule has 0 fully saturated rings. The molecular weight excluding hydrogens is 330 g/mol. The lowest BCUT2D eigenvalue weighted by atomic mass is 9.95. The summed E-state index contributed by atoms with van der Waals surface area (Å²) in [5.41, 5.74) is 4.08. The van der Waals surface area contributed by atoms with E-state index in [9.17, 15) is 10.1 Å². The standard InChI is InChI=1S/C20H21N3OS/c21-13-17-12-16-8-4-5-9-18(16)23-20(17)25-14-19(24)22-11-10-15-6-2-1-3-7-15/h1-3,6-7,12H,4-5,8-11,14H2,(H,22,24). The zero-order valence-corrected chi connectivity index (χ0v) is 14.9. The molecule has 0 atom stereocenters. The highest BCUT2D eigenvalue weighted by Gasteiger charge is 2.16. The van der Waals surface area contributed by atoms with Gasteiger partial charge in [0, 0.05) is 12.2 Å². The van der Waals surface area contributed by atoms with Gasteiger partial charge in [-0.15, -0.1) is 0 Å². The third kappa shape index (κ3) is 4.83. The number of thioether (sulfide) groups is 1. The number of hydrogen-bond acceptors (Lipinski definition) is 4. The van der Waals surface area contributed by atoms with Gasteiger partial charge in [-0.2, -0.15) is 5.26 Å². The molecular formula is C20H21N3OS. The molecule has 0 unspecified atom stereocenters. The van der Waals surface area contributed by atoms with Gasteiger partial charge in [0.25, 0.3) is 0 Å². The number of fused-ring (bicyclic) bond motifs is 1. The number of hydrogen-bond donors (Lipinski definition) is 1. The summed E-state index contributed by atoms with van der Waals surface area (Å²) in [7, 11) is 0. The van der Waals surface area contributed by atoms with Gasteiger partial charge in [0.05, 0.1) is 11.3 Å². The summed E-state index contributed by atoms with van der Waals surface area (Å²) in [6.45, 7) is 0.617. The van der Waals surface area contributed by atoms with Crippen molar-refractivity contribution in [2.45, 2.75) is 37.1 Å². The molecule has 1 amide bonds. The number of nitriles is 1. The maximum Gasteiger partial charge on any atom is 0.230 e. The number of nitrogens with zero attached hydrogens (tertiary/aromatic N) is 2. The molecule has 1 N–H and O–H groups in total. The first-order valence-corrected chi connectivity index (χ1v) is 9.61. The Bertz CT molecular complexity index is 784. The molecule has 5 heteroatoms. The molecule has 0 aliphatic heterocycles. The Morgan fingerprint density at radius 1 is 1.24 bits per heavy atom. The minimum absolute atomic E-state index is 0.0238. The highest BCUT2D eigenvalue weighted by atomic mass is 32.2. The fraction of sp³-hybridized carbons (Fsp3) is 0.350. The zero-order valence-electron chi connectivity index (χ0n) is 14.1. The molecule has 4 nitrogen and oxygen atoms in total. The van der Waals surface area contributed by atoms with Crippen molar-refractivity contribution in [3.05, 3.63) is 58.8 Å². The van der Waals surface area contributed by atoms with E-state index in [-0.39, 0.29) is 11.7 Å². The van der Waals surface area contributed by atoms with E-state index < -0.39 is 0 Å². The van der Waals surface area contributed by atoms with E-state index in [1.165, 1.54) is 22.9 Å². The van der Waals surface area contributed by atoms with Crippen LogP contribution in [0.15, 0.2) is 41.4 Å². The molecule has 0 saturated heterocycles. The van der Waals surface area contributed by atoms with E-state index in [0.29, 0.717) is 17.1 Å². The minimum atomic E-state index is -0.0238. The van der Waals surface area contributed by atoms with Gasteiger partial charge in [-0.25, -0.2) is 4.98 Å². The van der Waals surface area contributed by atoms with Crippen molar-refractivity contribution in [1.82, 2.24) is 10.3 Å². The van der Waals surface area contributed by atoms with Gasteiger partial charge in [-0.05, 0) is 49.3 Å². The summed E-state index contributed by atoms with van der Waals surface area (Å²) in [6.07, 6.45) is 5.10. The van der Waals surface area contributed by atoms with Crippen molar-refractivity contribution >= 4 is 17.7 Å². The van der Waals surface area contributed by atoms with Crippen LogP contribution in [0, 0.1) is 11.3 Å². The molecule has 1 aliphatic carbocycles. The fourth-order valence-corrected chi connectivity index (χ4v) is 3.79. The number of aromatic nitrogens is 1. The van der Waals surface area contributed by atoms with Crippen molar-refractivity contribution in [1.29, 1.82) is 5.26 Å². The number of rotatable bonds is 6. The zero-order chi connectivity index (χ0) is 17.5. The Kier molecular flexibility index (Phi) is 6.08. The van der Waals surface area contributed by atoms with Gasteiger partial charge < -0.3 is 5.32 Å². The van der Waals surface area contributed by atoms with Gasteiger partial charge >= 0.3 is 0 Å². The van der Waals surface area contributed by atoms with Gasteiger partial charge in [-0.3, -0.25) is 4.79 Å². The molecule has 0 bridgehead atoms. The molecule has 3 rings (SSSR count). The minimum Gasteiger partial charge on any atom is -0.355 e. The van der Waals surface area contributed by atoms with Crippen molar-refractivity contribution in [3.63, 3.8) is 0 Å². The smallest absolute Gasteiger partial charge is 0.230 e. The van der Waals surface area contributed by atoms with Gasteiger partial charge in [-0.1, -0.05) is 42.1 Å². The summed E-state index contributed by atoms with van der Waals surface area (Å²) in [6, 6.07) is 14.3. The maximum absolute atomic E-state index is 12.1. The third-order valence-corrected chi connectivity index (χ3v) is 5.30. The van der Waals surface area contributed by atoms with Crippen molar-refractivity contribution in [2.24, 2.45) is 0 Å². The van der Waals surface area contributed by atoms with Gasteiger partial charge in [0.2, 0.25) is 5.91 Å². The van der Waals surface area contributed by atoms with E-state index in [4.69, 9.17) is 0 Å². The average molecular weight is 351 g/mol.